The van der Waals surface area contributed by atoms with Crippen LogP contribution in [0.15, 0.2) is 60.7 Å². The molecule has 4 aromatic rings. The highest BCUT2D eigenvalue weighted by Gasteiger charge is 2.14. The van der Waals surface area contributed by atoms with Crippen molar-refractivity contribution in [3.8, 4) is 33.8 Å². The highest BCUT2D eigenvalue weighted by atomic mass is 32.1. The molecule has 0 bridgehead atoms. The van der Waals surface area contributed by atoms with Crippen LogP contribution in [0.5, 0.6) is 11.5 Å². The smallest absolute Gasteiger partial charge is 0.119 e. The number of unbranched alkanes of at least 4 members (excludes halogenated alkanes) is 22. The molecule has 0 aliphatic rings. The van der Waals surface area contributed by atoms with Gasteiger partial charge in [-0.1, -0.05) is 192 Å². The van der Waals surface area contributed by atoms with E-state index in [1.807, 2.05) is 0 Å². The van der Waals surface area contributed by atoms with Crippen molar-refractivity contribution >= 4 is 22.8 Å². The average molecular weight is 713 g/mol. The Labute approximate surface area is 315 Å². The van der Waals surface area contributed by atoms with Crippen molar-refractivity contribution in [3.63, 3.8) is 0 Å². The number of aromatic nitrogens is 2. The lowest BCUT2D eigenvalue weighted by molar-refractivity contribution is 0.304. The number of benzene rings is 3. The quantitative estimate of drug-likeness (QED) is 0.0505. The van der Waals surface area contributed by atoms with Crippen LogP contribution in [0.1, 0.15) is 168 Å². The van der Waals surface area contributed by atoms with Crippen LogP contribution in [0.4, 0.5) is 0 Å². The molecule has 0 amide bonds. The Morgan fingerprint density at radius 1 is 0.373 bits per heavy atom. The molecule has 280 valence electrons. The van der Waals surface area contributed by atoms with Crippen LogP contribution in [-0.4, -0.2) is 22.0 Å². The number of hydrogen-bond acceptors (Lipinski definition) is 5. The molecule has 0 N–H and O–H groups in total. The maximum Gasteiger partial charge on any atom is 0.119 e. The zero-order valence-corrected chi connectivity index (χ0v) is 33.1. The van der Waals surface area contributed by atoms with Crippen molar-refractivity contribution in [2.75, 3.05) is 13.2 Å². The second kappa shape index (κ2) is 25.9. The summed E-state index contributed by atoms with van der Waals surface area (Å²) in [6.45, 7) is 6.15. The first-order chi connectivity index (χ1) is 25.3. The van der Waals surface area contributed by atoms with Crippen molar-refractivity contribution < 1.29 is 9.47 Å². The summed E-state index contributed by atoms with van der Waals surface area (Å²) in [4.78, 5) is 0. The zero-order chi connectivity index (χ0) is 35.6. The van der Waals surface area contributed by atoms with Gasteiger partial charge in [-0.15, -0.1) is 0 Å². The third-order valence-electron chi connectivity index (χ3n) is 10.3. The van der Waals surface area contributed by atoms with E-state index < -0.39 is 0 Å². The lowest BCUT2D eigenvalue weighted by atomic mass is 9.98. The molecule has 0 spiro atoms. The van der Waals surface area contributed by atoms with Crippen LogP contribution < -0.4 is 9.47 Å². The zero-order valence-electron chi connectivity index (χ0n) is 32.3. The molecule has 0 aliphatic carbocycles. The Kier molecular flexibility index (Phi) is 20.8. The maximum atomic E-state index is 6.08. The summed E-state index contributed by atoms with van der Waals surface area (Å²) in [5.41, 5.74) is 6.40. The minimum atomic E-state index is 0.787. The molecule has 4 nitrogen and oxygen atoms in total. The maximum absolute atomic E-state index is 6.08. The molecule has 3 aromatic carbocycles. The number of nitrogens with zero attached hydrogens (tertiary/aromatic N) is 2. The third kappa shape index (κ3) is 15.7. The van der Waals surface area contributed by atoms with Crippen LogP contribution in [0.25, 0.3) is 33.3 Å². The largest absolute Gasteiger partial charge is 0.494 e. The average Bonchev–Trinajstić information content (AvgIpc) is 3.66. The molecule has 0 radical (unpaired) electrons. The lowest BCUT2D eigenvalue weighted by Crippen LogP contribution is -1.97. The van der Waals surface area contributed by atoms with E-state index in [0.29, 0.717) is 0 Å². The van der Waals surface area contributed by atoms with Crippen molar-refractivity contribution in [1.82, 2.24) is 8.75 Å². The van der Waals surface area contributed by atoms with Gasteiger partial charge in [0.25, 0.3) is 0 Å². The Morgan fingerprint density at radius 2 is 0.667 bits per heavy atom. The van der Waals surface area contributed by atoms with E-state index in [1.54, 1.807) is 0 Å². The van der Waals surface area contributed by atoms with Gasteiger partial charge >= 0.3 is 0 Å². The van der Waals surface area contributed by atoms with E-state index in [2.05, 4.69) is 74.5 Å². The molecule has 0 saturated heterocycles. The predicted molar refractivity (Wildman–Crippen MR) is 221 cm³/mol. The molecule has 0 fully saturated rings. The highest BCUT2D eigenvalue weighted by molar-refractivity contribution is 7.00. The van der Waals surface area contributed by atoms with Gasteiger partial charge in [-0.05, 0) is 48.2 Å². The summed E-state index contributed by atoms with van der Waals surface area (Å²) in [7, 11) is 0. The molecular weight excluding hydrogens is 645 g/mol. The number of rotatable bonds is 30. The van der Waals surface area contributed by atoms with Crippen LogP contribution >= 0.6 is 11.7 Å². The van der Waals surface area contributed by atoms with E-state index in [4.69, 9.17) is 18.2 Å². The first-order valence-corrected chi connectivity index (χ1v) is 21.7. The fourth-order valence-electron chi connectivity index (χ4n) is 7.06. The van der Waals surface area contributed by atoms with Gasteiger partial charge in [-0.2, -0.15) is 8.75 Å². The van der Waals surface area contributed by atoms with Crippen LogP contribution in [0.3, 0.4) is 0 Å². The van der Waals surface area contributed by atoms with Crippen LogP contribution in [0, 0.1) is 0 Å². The van der Waals surface area contributed by atoms with Crippen molar-refractivity contribution in [2.24, 2.45) is 0 Å². The van der Waals surface area contributed by atoms with Gasteiger partial charge in [0.1, 0.15) is 22.5 Å². The topological polar surface area (TPSA) is 44.2 Å². The van der Waals surface area contributed by atoms with Crippen molar-refractivity contribution in [3.05, 3.63) is 60.7 Å². The van der Waals surface area contributed by atoms with E-state index in [9.17, 15) is 0 Å². The summed E-state index contributed by atoms with van der Waals surface area (Å²) in [6, 6.07) is 21.3. The molecule has 0 aliphatic heterocycles. The standard InChI is InChI=1S/C46H68N2O2S/c1-3-5-7-9-11-13-15-17-19-21-23-25-37-49-41-31-27-39(28-32-41)43-35-36-44(46-45(43)47-51-48-46)40-29-33-42(34-30-40)50-38-26-24-22-20-18-16-14-12-10-8-6-4-2/h27-36H,3-26,37-38H2,1-2H3. The summed E-state index contributed by atoms with van der Waals surface area (Å²) in [5.74, 6) is 1.87. The monoisotopic (exact) mass is 713 g/mol. The molecular formula is C46H68N2O2S. The van der Waals surface area contributed by atoms with Gasteiger partial charge in [-0.25, -0.2) is 0 Å². The van der Waals surface area contributed by atoms with Gasteiger partial charge in [0.2, 0.25) is 0 Å². The summed E-state index contributed by atoms with van der Waals surface area (Å²) in [6.07, 6.45) is 32.6. The fourth-order valence-corrected chi connectivity index (χ4v) is 7.63. The van der Waals surface area contributed by atoms with Gasteiger partial charge in [-0.3, -0.25) is 0 Å². The predicted octanol–water partition coefficient (Wildman–Crippen LogP) is 15.2. The summed E-state index contributed by atoms with van der Waals surface area (Å²) in [5, 5.41) is 0. The molecule has 51 heavy (non-hydrogen) atoms. The first-order valence-electron chi connectivity index (χ1n) is 21.0. The summed E-state index contributed by atoms with van der Waals surface area (Å²) >= 11 is 1.28. The highest BCUT2D eigenvalue weighted by Crippen LogP contribution is 2.35. The molecule has 5 heteroatoms. The second-order valence-corrected chi connectivity index (χ2v) is 15.2. The third-order valence-corrected chi connectivity index (χ3v) is 10.8. The van der Waals surface area contributed by atoms with Gasteiger partial charge in [0.15, 0.2) is 0 Å². The number of ether oxygens (including phenoxy) is 2. The number of fused-ring (bicyclic) bond motifs is 1. The minimum absolute atomic E-state index is 0.787. The van der Waals surface area contributed by atoms with Crippen LogP contribution in [-0.2, 0) is 0 Å². The first kappa shape index (κ1) is 40.8. The van der Waals surface area contributed by atoms with E-state index in [1.165, 1.54) is 153 Å². The molecule has 4 rings (SSSR count). The Hall–Kier alpha value is -2.92. The molecule has 0 saturated carbocycles. The Balaban J connectivity index is 1.12. The molecule has 0 unspecified atom stereocenters. The lowest BCUT2D eigenvalue weighted by Gasteiger charge is -2.10. The van der Waals surface area contributed by atoms with Crippen LogP contribution in [0.2, 0.25) is 0 Å². The Morgan fingerprint density at radius 3 is 0.980 bits per heavy atom. The van der Waals surface area contributed by atoms with Gasteiger partial charge in [0.05, 0.1) is 24.9 Å². The minimum Gasteiger partial charge on any atom is -0.494 e. The Bertz CT molecular complexity index is 1320. The SMILES string of the molecule is CCCCCCCCCCCCCCOc1ccc(-c2ccc(-c3ccc(OCCCCCCCCCCCCCC)cc3)c3nsnc23)cc1. The second-order valence-electron chi connectivity index (χ2n) is 14.6. The van der Waals surface area contributed by atoms with E-state index in [0.717, 1.165) is 70.8 Å². The molecule has 0 atom stereocenters. The van der Waals surface area contributed by atoms with Gasteiger partial charge < -0.3 is 9.47 Å². The van der Waals surface area contributed by atoms with Gasteiger partial charge in [0, 0.05) is 11.1 Å². The van der Waals surface area contributed by atoms with Crippen molar-refractivity contribution in [1.29, 1.82) is 0 Å². The summed E-state index contributed by atoms with van der Waals surface area (Å²) < 4.78 is 21.6. The van der Waals surface area contributed by atoms with Crippen molar-refractivity contribution in [2.45, 2.75) is 168 Å². The normalized spacial score (nSPS) is 11.4. The van der Waals surface area contributed by atoms with E-state index >= 15 is 0 Å². The molecule has 1 aromatic heterocycles. The fraction of sp³-hybridized carbons (Fsp3) is 0.609. The molecule has 1 heterocycles. The van der Waals surface area contributed by atoms with E-state index in [-0.39, 0.29) is 0 Å². The number of hydrogen-bond donors (Lipinski definition) is 0.